The summed E-state index contributed by atoms with van der Waals surface area (Å²) in [5, 5.41) is 0. The number of nitrogens with zero attached hydrogens (tertiary/aromatic N) is 2. The van der Waals surface area contributed by atoms with Crippen molar-refractivity contribution in [3.63, 3.8) is 0 Å². The molecule has 9 heteroatoms. The Bertz CT molecular complexity index is 691. The first-order chi connectivity index (χ1) is 9.75. The first-order valence-electron chi connectivity index (χ1n) is 6.49. The van der Waals surface area contributed by atoms with E-state index in [1.807, 2.05) is 0 Å². The van der Waals surface area contributed by atoms with Crippen molar-refractivity contribution < 1.29 is 16.8 Å². The van der Waals surface area contributed by atoms with E-state index in [1.54, 1.807) is 12.1 Å². The van der Waals surface area contributed by atoms with Gasteiger partial charge in [0.1, 0.15) is 0 Å². The van der Waals surface area contributed by atoms with Gasteiger partial charge in [0.15, 0.2) is 0 Å². The smallest absolute Gasteiger partial charge is 0.243 e. The van der Waals surface area contributed by atoms with Crippen molar-refractivity contribution in [2.45, 2.75) is 11.4 Å². The van der Waals surface area contributed by atoms with E-state index in [4.69, 9.17) is 5.73 Å². The second-order valence-electron chi connectivity index (χ2n) is 4.91. The van der Waals surface area contributed by atoms with Crippen molar-refractivity contribution in [2.75, 3.05) is 32.4 Å². The second kappa shape index (κ2) is 6.01. The van der Waals surface area contributed by atoms with E-state index >= 15 is 0 Å². The van der Waals surface area contributed by atoms with Gasteiger partial charge in [0.25, 0.3) is 0 Å². The van der Waals surface area contributed by atoms with Gasteiger partial charge in [-0.15, -0.1) is 0 Å². The van der Waals surface area contributed by atoms with Crippen LogP contribution in [-0.2, 0) is 26.6 Å². The van der Waals surface area contributed by atoms with Crippen LogP contribution in [0, 0.1) is 0 Å². The zero-order valence-electron chi connectivity index (χ0n) is 11.8. The summed E-state index contributed by atoms with van der Waals surface area (Å²) in [6, 6.07) is 6.42. The van der Waals surface area contributed by atoms with E-state index in [9.17, 15) is 16.8 Å². The number of sulfonamides is 2. The Morgan fingerprint density at radius 1 is 0.952 bits per heavy atom. The fourth-order valence-corrected chi connectivity index (χ4v) is 4.44. The number of piperazine rings is 1. The third-order valence-corrected chi connectivity index (χ3v) is 6.68. The highest BCUT2D eigenvalue weighted by Gasteiger charge is 2.31. The lowest BCUT2D eigenvalue weighted by Gasteiger charge is -2.32. The van der Waals surface area contributed by atoms with Gasteiger partial charge in [-0.3, -0.25) is 0 Å². The highest BCUT2D eigenvalue weighted by atomic mass is 32.2. The third-order valence-electron chi connectivity index (χ3n) is 3.46. The molecular weight excluding hydrogens is 314 g/mol. The summed E-state index contributed by atoms with van der Waals surface area (Å²) in [6.45, 7) is 1.04. The van der Waals surface area contributed by atoms with E-state index in [2.05, 4.69) is 0 Å². The van der Waals surface area contributed by atoms with Crippen LogP contribution in [0.5, 0.6) is 0 Å². The minimum absolute atomic E-state index is 0.161. The number of rotatable bonds is 4. The lowest BCUT2D eigenvalue weighted by molar-refractivity contribution is 0.274. The molecule has 1 aliphatic rings. The molecule has 118 valence electrons. The number of hydrogen-bond donors (Lipinski definition) is 1. The van der Waals surface area contributed by atoms with Crippen LogP contribution in [0.25, 0.3) is 0 Å². The molecule has 2 rings (SSSR count). The predicted molar refractivity (Wildman–Crippen MR) is 79.5 cm³/mol. The minimum Gasteiger partial charge on any atom is -0.326 e. The molecular formula is C12H19N3O4S2. The largest absolute Gasteiger partial charge is 0.326 e. The van der Waals surface area contributed by atoms with Crippen molar-refractivity contribution in [1.82, 2.24) is 8.61 Å². The molecule has 7 nitrogen and oxygen atoms in total. The third kappa shape index (κ3) is 3.61. The van der Waals surface area contributed by atoms with E-state index in [-0.39, 0.29) is 31.1 Å². The molecule has 0 bridgehead atoms. The van der Waals surface area contributed by atoms with E-state index in [0.29, 0.717) is 6.54 Å². The topological polar surface area (TPSA) is 101 Å². The molecule has 0 aromatic heterocycles. The summed E-state index contributed by atoms with van der Waals surface area (Å²) in [5.74, 6) is 0. The van der Waals surface area contributed by atoms with Crippen LogP contribution in [0.1, 0.15) is 5.56 Å². The van der Waals surface area contributed by atoms with E-state index in [0.717, 1.165) is 11.8 Å². The molecule has 0 amide bonds. The van der Waals surface area contributed by atoms with Crippen LogP contribution in [0.4, 0.5) is 0 Å². The number of nitrogens with two attached hydrogens (primary N) is 1. The molecule has 2 N–H and O–H groups in total. The van der Waals surface area contributed by atoms with Gasteiger partial charge >= 0.3 is 0 Å². The second-order valence-corrected chi connectivity index (χ2v) is 8.83. The lowest BCUT2D eigenvalue weighted by atomic mass is 10.2. The van der Waals surface area contributed by atoms with Crippen LogP contribution in [0.2, 0.25) is 0 Å². The van der Waals surface area contributed by atoms with Crippen LogP contribution >= 0.6 is 0 Å². The molecule has 21 heavy (non-hydrogen) atoms. The molecule has 1 heterocycles. The van der Waals surface area contributed by atoms with Crippen molar-refractivity contribution in [3.05, 3.63) is 29.8 Å². The summed E-state index contributed by atoms with van der Waals surface area (Å²) in [5.41, 5.74) is 6.34. The summed E-state index contributed by atoms with van der Waals surface area (Å²) >= 11 is 0. The lowest BCUT2D eigenvalue weighted by Crippen LogP contribution is -2.50. The summed E-state index contributed by atoms with van der Waals surface area (Å²) in [6.07, 6.45) is 1.13. The fraction of sp³-hybridized carbons (Fsp3) is 0.500. The molecule has 1 aromatic rings. The zero-order valence-corrected chi connectivity index (χ0v) is 13.4. The Hall–Kier alpha value is -1.00. The molecule has 0 radical (unpaired) electrons. The standard InChI is InChI=1S/C12H19N3O4S2/c1-20(16,17)14-6-8-15(9-7-14)21(18,19)12-4-2-11(10-13)3-5-12/h2-5H,6-10,13H2,1H3. The maximum Gasteiger partial charge on any atom is 0.243 e. The van der Waals surface area contributed by atoms with Gasteiger partial charge in [0, 0.05) is 32.7 Å². The molecule has 1 aromatic carbocycles. The molecule has 0 aliphatic carbocycles. The van der Waals surface area contributed by atoms with Crippen LogP contribution in [-0.4, -0.2) is 57.9 Å². The monoisotopic (exact) mass is 333 g/mol. The summed E-state index contributed by atoms with van der Waals surface area (Å²) in [4.78, 5) is 0.201. The number of hydrogen-bond acceptors (Lipinski definition) is 5. The fourth-order valence-electron chi connectivity index (χ4n) is 2.19. The SMILES string of the molecule is CS(=O)(=O)N1CCN(S(=O)(=O)c2ccc(CN)cc2)CC1. The zero-order chi connectivity index (χ0) is 15.7. The Kier molecular flexibility index (Phi) is 4.69. The highest BCUT2D eigenvalue weighted by molar-refractivity contribution is 7.89. The molecule has 0 unspecified atom stereocenters. The van der Waals surface area contributed by atoms with E-state index in [1.165, 1.54) is 20.7 Å². The van der Waals surface area contributed by atoms with Crippen LogP contribution < -0.4 is 5.73 Å². The van der Waals surface area contributed by atoms with Crippen molar-refractivity contribution in [1.29, 1.82) is 0 Å². The van der Waals surface area contributed by atoms with Gasteiger partial charge in [-0.1, -0.05) is 12.1 Å². The van der Waals surface area contributed by atoms with Gasteiger partial charge in [-0.25, -0.2) is 16.8 Å². The quantitative estimate of drug-likeness (QED) is 0.794. The first kappa shape index (κ1) is 16.4. The van der Waals surface area contributed by atoms with Crippen LogP contribution in [0.3, 0.4) is 0 Å². The minimum atomic E-state index is -3.58. The molecule has 0 spiro atoms. The Labute approximate surface area is 125 Å². The Morgan fingerprint density at radius 2 is 1.43 bits per heavy atom. The maximum atomic E-state index is 12.5. The Morgan fingerprint density at radius 3 is 1.86 bits per heavy atom. The van der Waals surface area contributed by atoms with Gasteiger partial charge in [-0.2, -0.15) is 8.61 Å². The number of benzene rings is 1. The highest BCUT2D eigenvalue weighted by Crippen LogP contribution is 2.19. The Balaban J connectivity index is 2.14. The maximum absolute atomic E-state index is 12.5. The van der Waals surface area contributed by atoms with Crippen molar-refractivity contribution in [3.8, 4) is 0 Å². The van der Waals surface area contributed by atoms with Gasteiger partial charge in [0.05, 0.1) is 11.2 Å². The van der Waals surface area contributed by atoms with Crippen LogP contribution in [0.15, 0.2) is 29.2 Å². The summed E-state index contributed by atoms with van der Waals surface area (Å²) < 4.78 is 50.4. The normalized spacial score (nSPS) is 18.8. The molecule has 0 atom stereocenters. The van der Waals surface area contributed by atoms with Crippen molar-refractivity contribution >= 4 is 20.0 Å². The van der Waals surface area contributed by atoms with E-state index < -0.39 is 20.0 Å². The summed E-state index contributed by atoms with van der Waals surface area (Å²) in [7, 11) is -6.86. The predicted octanol–water partition coefficient (Wildman–Crippen LogP) is -0.589. The average Bonchev–Trinajstić information content (AvgIpc) is 2.46. The molecule has 1 fully saturated rings. The van der Waals surface area contributed by atoms with Crippen molar-refractivity contribution in [2.24, 2.45) is 5.73 Å². The molecule has 1 saturated heterocycles. The molecule has 0 saturated carbocycles. The molecule has 1 aliphatic heterocycles. The van der Waals surface area contributed by atoms with Gasteiger partial charge in [-0.05, 0) is 17.7 Å². The van der Waals surface area contributed by atoms with Gasteiger partial charge in [0.2, 0.25) is 20.0 Å². The first-order valence-corrected chi connectivity index (χ1v) is 9.78. The average molecular weight is 333 g/mol. The van der Waals surface area contributed by atoms with Gasteiger partial charge < -0.3 is 5.73 Å².